The minimum atomic E-state index is -0.777. The van der Waals surface area contributed by atoms with E-state index in [2.05, 4.69) is 51.2 Å². The second-order valence-corrected chi connectivity index (χ2v) is 11.3. The van der Waals surface area contributed by atoms with Crippen LogP contribution < -0.4 is 10.2 Å². The Morgan fingerprint density at radius 1 is 1.16 bits per heavy atom. The topological polar surface area (TPSA) is 101 Å². The van der Waals surface area contributed by atoms with Crippen molar-refractivity contribution in [1.82, 2.24) is 19.9 Å². The van der Waals surface area contributed by atoms with Crippen LogP contribution in [-0.4, -0.2) is 69.8 Å². The van der Waals surface area contributed by atoms with Gasteiger partial charge < -0.3 is 30.3 Å². The fourth-order valence-electron chi connectivity index (χ4n) is 6.09. The number of hydrogen-bond acceptors (Lipinski definition) is 7. The molecule has 2 atom stereocenters. The molecular weight excluding hydrogens is 500 g/mol. The molecule has 38 heavy (non-hydrogen) atoms. The fourth-order valence-corrected chi connectivity index (χ4v) is 6.28. The summed E-state index contributed by atoms with van der Waals surface area (Å²) in [5.41, 5.74) is 6.29. The second kappa shape index (κ2) is 9.76. The lowest BCUT2D eigenvalue weighted by molar-refractivity contribution is 0.191. The Bertz CT molecular complexity index is 1490. The Kier molecular flexibility index (Phi) is 6.42. The highest BCUT2D eigenvalue weighted by Gasteiger charge is 2.42. The first-order valence-corrected chi connectivity index (χ1v) is 13.5. The van der Waals surface area contributed by atoms with Crippen molar-refractivity contribution in [3.8, 4) is 17.3 Å². The number of aromatic hydroxyl groups is 1. The molecule has 6 rings (SSSR count). The van der Waals surface area contributed by atoms with E-state index in [4.69, 9.17) is 16.6 Å². The van der Waals surface area contributed by atoms with Crippen molar-refractivity contribution in [3.63, 3.8) is 0 Å². The first kappa shape index (κ1) is 25.0. The minimum Gasteiger partial charge on any atom is -0.493 e. The molecule has 4 aromatic rings. The molecule has 4 heterocycles. The molecule has 2 aromatic carbocycles. The summed E-state index contributed by atoms with van der Waals surface area (Å²) in [7, 11) is 2.22. The number of likely N-dealkylation sites (tertiary alicyclic amines) is 1. The predicted octanol–water partition coefficient (Wildman–Crippen LogP) is 4.97. The second-order valence-electron chi connectivity index (χ2n) is 10.9. The van der Waals surface area contributed by atoms with Crippen LogP contribution in [0.15, 0.2) is 48.7 Å². The first-order chi connectivity index (χ1) is 18.3. The van der Waals surface area contributed by atoms with Crippen LogP contribution >= 0.6 is 11.6 Å². The highest BCUT2D eigenvalue weighted by molar-refractivity contribution is 6.30. The molecule has 0 radical (unpaired) electrons. The van der Waals surface area contributed by atoms with Gasteiger partial charge in [-0.3, -0.25) is 0 Å². The van der Waals surface area contributed by atoms with Crippen molar-refractivity contribution < 1.29 is 10.2 Å². The van der Waals surface area contributed by atoms with Gasteiger partial charge in [-0.25, -0.2) is 9.97 Å². The Labute approximate surface area is 227 Å². The summed E-state index contributed by atoms with van der Waals surface area (Å²) in [5, 5.41) is 25.2. The van der Waals surface area contributed by atoms with Gasteiger partial charge in [-0.1, -0.05) is 23.7 Å². The average molecular weight is 533 g/mol. The van der Waals surface area contributed by atoms with Crippen LogP contribution in [-0.2, 0) is 0 Å². The van der Waals surface area contributed by atoms with Crippen molar-refractivity contribution in [2.75, 3.05) is 50.0 Å². The van der Waals surface area contributed by atoms with Gasteiger partial charge in [0.1, 0.15) is 11.4 Å². The summed E-state index contributed by atoms with van der Waals surface area (Å²) in [4.78, 5) is 17.3. The number of aromatic nitrogens is 3. The largest absolute Gasteiger partial charge is 0.493 e. The Hall–Kier alpha value is -3.33. The number of anilines is 2. The van der Waals surface area contributed by atoms with Crippen LogP contribution in [0.2, 0.25) is 5.02 Å². The molecule has 2 saturated heterocycles. The number of fused-ring (bicyclic) bond motifs is 1. The van der Waals surface area contributed by atoms with Crippen molar-refractivity contribution >= 4 is 34.0 Å². The molecule has 0 saturated carbocycles. The normalized spacial score (nSPS) is 20.6. The van der Waals surface area contributed by atoms with Crippen LogP contribution in [0, 0.1) is 12.3 Å². The van der Waals surface area contributed by atoms with Crippen LogP contribution in [0.3, 0.4) is 0 Å². The molecular formula is C29H33ClN6O2. The van der Waals surface area contributed by atoms with E-state index < -0.39 is 6.10 Å². The number of imidazole rings is 1. The molecule has 9 heteroatoms. The van der Waals surface area contributed by atoms with Gasteiger partial charge >= 0.3 is 0 Å². The van der Waals surface area contributed by atoms with E-state index >= 15 is 0 Å². The zero-order chi connectivity index (χ0) is 26.4. The van der Waals surface area contributed by atoms with Gasteiger partial charge in [-0.15, -0.1) is 0 Å². The first-order valence-electron chi connectivity index (χ1n) is 13.1. The molecule has 2 aliphatic rings. The van der Waals surface area contributed by atoms with Gasteiger partial charge in [-0.05, 0) is 74.8 Å². The highest BCUT2D eigenvalue weighted by atomic mass is 35.5. The number of aromatic amines is 1. The van der Waals surface area contributed by atoms with Crippen molar-refractivity contribution in [3.05, 3.63) is 64.8 Å². The fraction of sp³-hybridized carbons (Fsp3) is 0.379. The molecule has 0 aliphatic carbocycles. The number of benzene rings is 2. The maximum absolute atomic E-state index is 10.7. The lowest BCUT2D eigenvalue weighted by Crippen LogP contribution is -2.29. The molecule has 8 nitrogen and oxygen atoms in total. The van der Waals surface area contributed by atoms with Gasteiger partial charge in [0.2, 0.25) is 5.88 Å². The Morgan fingerprint density at radius 2 is 2.00 bits per heavy atom. The third-order valence-electron chi connectivity index (χ3n) is 8.09. The summed E-state index contributed by atoms with van der Waals surface area (Å²) in [5.74, 6) is 0.400. The molecule has 1 unspecified atom stereocenters. The number of halogens is 1. The van der Waals surface area contributed by atoms with Crippen molar-refractivity contribution in [2.45, 2.75) is 25.9 Å². The highest BCUT2D eigenvalue weighted by Crippen LogP contribution is 2.42. The molecule has 1 spiro atoms. The van der Waals surface area contributed by atoms with Crippen LogP contribution in [0.4, 0.5) is 11.4 Å². The molecule has 2 aliphatic heterocycles. The lowest BCUT2D eigenvalue weighted by atomic mass is 9.86. The molecule has 198 valence electrons. The van der Waals surface area contributed by atoms with Crippen molar-refractivity contribution in [1.29, 1.82) is 0 Å². The monoisotopic (exact) mass is 532 g/mol. The van der Waals surface area contributed by atoms with Gasteiger partial charge in [0.25, 0.3) is 0 Å². The summed E-state index contributed by atoms with van der Waals surface area (Å²) in [6.07, 6.45) is 3.24. The molecule has 0 bridgehead atoms. The van der Waals surface area contributed by atoms with E-state index in [9.17, 15) is 10.2 Å². The number of nitrogens with one attached hydrogen (secondary N) is 2. The van der Waals surface area contributed by atoms with Crippen molar-refractivity contribution in [2.24, 2.45) is 5.41 Å². The number of aryl methyl sites for hydroxylation is 1. The third kappa shape index (κ3) is 4.68. The summed E-state index contributed by atoms with van der Waals surface area (Å²) < 4.78 is 0. The SMILES string of the molecule is Cc1cc(N2CCC3(CCN(C)C3)C2)cc2nc(-c3c(NC[C@H](O)c4cccc(Cl)c4)ccnc3O)[nH]c12. The molecule has 2 fully saturated rings. The Morgan fingerprint density at radius 3 is 2.79 bits per heavy atom. The average Bonchev–Trinajstić information content (AvgIpc) is 3.61. The molecule has 0 amide bonds. The maximum Gasteiger partial charge on any atom is 0.224 e. The number of rotatable bonds is 6. The minimum absolute atomic E-state index is 0.129. The number of aliphatic hydroxyl groups excluding tert-OH is 1. The number of aliphatic hydroxyl groups is 1. The number of H-pyrrole nitrogens is 1. The number of hydrogen-bond donors (Lipinski definition) is 4. The standard InChI is InChI=1S/C29H33ClN6O2/c1-18-12-21(36-11-8-29(17-36)7-10-35(2)16-29)14-23-26(18)34-27(33-23)25-22(6-9-31-28(25)38)32-15-24(37)19-4-3-5-20(30)13-19/h3-6,9,12-14,24,37H,7-8,10-11,15-17H2,1-2H3,(H,33,34)(H2,31,32,38)/t24-,29?/m0/s1. The van der Waals surface area contributed by atoms with E-state index in [-0.39, 0.29) is 12.4 Å². The maximum atomic E-state index is 10.7. The van der Waals surface area contributed by atoms with E-state index in [1.54, 1.807) is 18.2 Å². The van der Waals surface area contributed by atoms with Gasteiger partial charge in [0.05, 0.1) is 22.8 Å². The van der Waals surface area contributed by atoms with E-state index in [0.29, 0.717) is 33.1 Å². The Balaban J connectivity index is 1.27. The molecule has 4 N–H and O–H groups in total. The zero-order valence-corrected chi connectivity index (χ0v) is 22.5. The molecule has 2 aromatic heterocycles. The van der Waals surface area contributed by atoms with Crippen LogP contribution in [0.25, 0.3) is 22.4 Å². The van der Waals surface area contributed by atoms with Gasteiger partial charge in [-0.2, -0.15) is 0 Å². The van der Waals surface area contributed by atoms with Gasteiger partial charge in [0.15, 0.2) is 0 Å². The van der Waals surface area contributed by atoms with Gasteiger partial charge in [0, 0.05) is 48.5 Å². The predicted molar refractivity (Wildman–Crippen MR) is 152 cm³/mol. The summed E-state index contributed by atoms with van der Waals surface area (Å²) in [6, 6.07) is 13.3. The third-order valence-corrected chi connectivity index (χ3v) is 8.33. The van der Waals surface area contributed by atoms with Crippen LogP contribution in [0.5, 0.6) is 5.88 Å². The quantitative estimate of drug-likeness (QED) is 0.278. The zero-order valence-electron chi connectivity index (χ0n) is 21.7. The van der Waals surface area contributed by atoms with E-state index in [1.165, 1.54) is 37.8 Å². The lowest BCUT2D eigenvalue weighted by Gasteiger charge is -2.25. The smallest absolute Gasteiger partial charge is 0.224 e. The van der Waals surface area contributed by atoms with E-state index in [1.807, 2.05) is 12.1 Å². The summed E-state index contributed by atoms with van der Waals surface area (Å²) >= 11 is 6.08. The van der Waals surface area contributed by atoms with Crippen LogP contribution in [0.1, 0.15) is 30.1 Å². The number of pyridine rings is 1. The summed E-state index contributed by atoms with van der Waals surface area (Å²) in [6.45, 7) is 6.79. The number of nitrogens with zero attached hydrogens (tertiary/aromatic N) is 4. The van der Waals surface area contributed by atoms with E-state index in [0.717, 1.165) is 29.7 Å².